The third-order valence-electron chi connectivity index (χ3n) is 4.91. The molecule has 0 spiro atoms. The van der Waals surface area contributed by atoms with Gasteiger partial charge in [-0.1, -0.05) is 18.2 Å². The molecule has 1 N–H and O–H groups in total. The number of nitrogens with one attached hydrogen (secondary N) is 1. The van der Waals surface area contributed by atoms with Crippen LogP contribution in [-0.2, 0) is 21.0 Å². The zero-order valence-electron chi connectivity index (χ0n) is 16.3. The molecule has 150 valence electrons. The molecule has 2 aromatic rings. The summed E-state index contributed by atoms with van der Waals surface area (Å²) >= 11 is 0. The van der Waals surface area contributed by atoms with Gasteiger partial charge in [0.1, 0.15) is 0 Å². The van der Waals surface area contributed by atoms with Crippen LogP contribution in [0.1, 0.15) is 21.5 Å². The molecule has 3 rings (SSSR count). The second-order valence-electron chi connectivity index (χ2n) is 7.10. The van der Waals surface area contributed by atoms with Crippen LogP contribution in [-0.4, -0.2) is 58.3 Å². The molecule has 7 heteroatoms. The number of sulfone groups is 1. The fourth-order valence-electron chi connectivity index (χ4n) is 3.14. The first-order valence-corrected chi connectivity index (χ1v) is 11.2. The lowest BCUT2D eigenvalue weighted by Gasteiger charge is -2.26. The van der Waals surface area contributed by atoms with Crippen LogP contribution in [0.5, 0.6) is 0 Å². The lowest BCUT2D eigenvalue weighted by atomic mass is 10.1. The Morgan fingerprint density at radius 1 is 1.11 bits per heavy atom. The number of hydrogen-bond donors (Lipinski definition) is 1. The quantitative estimate of drug-likeness (QED) is 0.804. The first kappa shape index (κ1) is 20.5. The Labute approximate surface area is 166 Å². The van der Waals surface area contributed by atoms with Gasteiger partial charge < -0.3 is 10.1 Å². The molecule has 6 nitrogen and oxygen atoms in total. The number of benzene rings is 2. The predicted molar refractivity (Wildman–Crippen MR) is 110 cm³/mol. The number of hydrogen-bond acceptors (Lipinski definition) is 5. The van der Waals surface area contributed by atoms with E-state index in [-0.39, 0.29) is 10.8 Å². The predicted octanol–water partition coefficient (Wildman–Crippen LogP) is 2.53. The van der Waals surface area contributed by atoms with Crippen LogP contribution in [0.3, 0.4) is 0 Å². The third kappa shape index (κ3) is 5.41. The number of ether oxygens (including phenoxy) is 1. The molecule has 0 bridgehead atoms. The molecule has 1 fully saturated rings. The molecule has 0 saturated carbocycles. The second-order valence-corrected chi connectivity index (χ2v) is 9.12. The Hall–Kier alpha value is -2.22. The number of morpholine rings is 1. The summed E-state index contributed by atoms with van der Waals surface area (Å²) in [7, 11) is -3.36. The average Bonchev–Trinajstić information content (AvgIpc) is 2.67. The lowest BCUT2D eigenvalue weighted by Crippen LogP contribution is -2.37. The van der Waals surface area contributed by atoms with E-state index in [4.69, 9.17) is 4.74 Å². The number of nitrogens with zero attached hydrogens (tertiary/aromatic N) is 1. The Balaban J connectivity index is 1.63. The number of aryl methyl sites for hydroxylation is 1. The minimum Gasteiger partial charge on any atom is -0.379 e. The van der Waals surface area contributed by atoms with Gasteiger partial charge in [-0.3, -0.25) is 9.69 Å². The summed E-state index contributed by atoms with van der Waals surface area (Å²) in [4.78, 5) is 15.1. The Kier molecular flexibility index (Phi) is 6.49. The van der Waals surface area contributed by atoms with Crippen molar-refractivity contribution in [1.82, 2.24) is 4.90 Å². The summed E-state index contributed by atoms with van der Waals surface area (Å²) in [6.07, 6.45) is 2.08. The molecule has 0 aromatic heterocycles. The van der Waals surface area contributed by atoms with Crippen LogP contribution in [0.4, 0.5) is 5.69 Å². The molecule has 0 unspecified atom stereocenters. The van der Waals surface area contributed by atoms with E-state index in [2.05, 4.69) is 10.2 Å². The van der Waals surface area contributed by atoms with Crippen molar-refractivity contribution in [3.05, 3.63) is 59.2 Å². The first-order chi connectivity index (χ1) is 13.3. The van der Waals surface area contributed by atoms with E-state index in [9.17, 15) is 13.2 Å². The van der Waals surface area contributed by atoms with Crippen molar-refractivity contribution in [3.63, 3.8) is 0 Å². The fraction of sp³-hybridized carbons (Fsp3) is 0.381. The van der Waals surface area contributed by atoms with Crippen LogP contribution in [0.25, 0.3) is 0 Å². The van der Waals surface area contributed by atoms with Crippen LogP contribution in [0.2, 0.25) is 0 Å². The molecule has 1 aliphatic heterocycles. The molecule has 1 saturated heterocycles. The molecule has 1 aliphatic rings. The Morgan fingerprint density at radius 3 is 2.43 bits per heavy atom. The highest BCUT2D eigenvalue weighted by atomic mass is 32.2. The van der Waals surface area contributed by atoms with E-state index in [1.54, 1.807) is 13.0 Å². The molecule has 28 heavy (non-hydrogen) atoms. The Morgan fingerprint density at radius 2 is 1.79 bits per heavy atom. The molecule has 0 aliphatic carbocycles. The van der Waals surface area contributed by atoms with Crippen molar-refractivity contribution in [2.75, 3.05) is 44.4 Å². The molecular weight excluding hydrogens is 376 g/mol. The monoisotopic (exact) mass is 402 g/mol. The highest BCUT2D eigenvalue weighted by Gasteiger charge is 2.15. The van der Waals surface area contributed by atoms with Crippen LogP contribution >= 0.6 is 0 Å². The summed E-state index contributed by atoms with van der Waals surface area (Å²) in [5.41, 5.74) is 2.98. The summed E-state index contributed by atoms with van der Waals surface area (Å²) in [5, 5.41) is 2.85. The van der Waals surface area contributed by atoms with Crippen molar-refractivity contribution >= 4 is 21.4 Å². The van der Waals surface area contributed by atoms with Crippen molar-refractivity contribution in [1.29, 1.82) is 0 Å². The molecule has 1 heterocycles. The minimum atomic E-state index is -3.36. The zero-order chi connectivity index (χ0) is 20.1. The number of amides is 1. The highest BCUT2D eigenvalue weighted by molar-refractivity contribution is 7.90. The van der Waals surface area contributed by atoms with Crippen molar-refractivity contribution < 1.29 is 17.9 Å². The van der Waals surface area contributed by atoms with Crippen LogP contribution in [0.15, 0.2) is 47.4 Å². The summed E-state index contributed by atoms with van der Waals surface area (Å²) in [6, 6.07) is 12.4. The maximum absolute atomic E-state index is 12.6. The number of rotatable bonds is 6. The molecule has 0 radical (unpaired) electrons. The summed E-state index contributed by atoms with van der Waals surface area (Å²) < 4.78 is 28.9. The van der Waals surface area contributed by atoms with Gasteiger partial charge in [0.05, 0.1) is 18.1 Å². The van der Waals surface area contributed by atoms with Gasteiger partial charge in [-0.2, -0.15) is 0 Å². The first-order valence-electron chi connectivity index (χ1n) is 9.34. The van der Waals surface area contributed by atoms with Gasteiger partial charge in [0.25, 0.3) is 5.91 Å². The number of carbonyl (C=O) groups is 1. The smallest absolute Gasteiger partial charge is 0.255 e. The number of anilines is 1. The van der Waals surface area contributed by atoms with E-state index in [1.165, 1.54) is 17.7 Å². The van der Waals surface area contributed by atoms with Crippen molar-refractivity contribution in [2.45, 2.75) is 18.2 Å². The average molecular weight is 403 g/mol. The van der Waals surface area contributed by atoms with Crippen molar-refractivity contribution in [3.8, 4) is 0 Å². The number of carbonyl (C=O) groups excluding carboxylic acids is 1. The van der Waals surface area contributed by atoms with Gasteiger partial charge in [-0.25, -0.2) is 8.42 Å². The maximum Gasteiger partial charge on any atom is 0.255 e. The van der Waals surface area contributed by atoms with Gasteiger partial charge in [0.2, 0.25) is 0 Å². The summed E-state index contributed by atoms with van der Waals surface area (Å²) in [6.45, 7) is 6.32. The van der Waals surface area contributed by atoms with Gasteiger partial charge in [-0.05, 0) is 48.7 Å². The lowest BCUT2D eigenvalue weighted by molar-refractivity contribution is 0.0384. The third-order valence-corrected chi connectivity index (χ3v) is 6.02. The molecule has 1 amide bonds. The second kappa shape index (κ2) is 8.86. The van der Waals surface area contributed by atoms with Crippen LogP contribution < -0.4 is 5.32 Å². The minimum absolute atomic E-state index is 0.140. The maximum atomic E-state index is 12.6. The standard InChI is InChI=1S/C21H26N2O4S/c1-16-3-8-19(28(2,25)26)15-20(16)21(24)22-18-6-4-17(5-7-18)9-10-23-11-13-27-14-12-23/h3-8,15H,9-14H2,1-2H3,(H,22,24). The van der Waals surface area contributed by atoms with Crippen molar-refractivity contribution in [2.24, 2.45) is 0 Å². The molecule has 0 atom stereocenters. The molecular formula is C21H26N2O4S. The highest BCUT2D eigenvalue weighted by Crippen LogP contribution is 2.18. The zero-order valence-corrected chi connectivity index (χ0v) is 17.1. The topological polar surface area (TPSA) is 75.7 Å². The van der Waals surface area contributed by atoms with E-state index in [0.29, 0.717) is 11.3 Å². The van der Waals surface area contributed by atoms with E-state index in [1.807, 2.05) is 24.3 Å². The van der Waals surface area contributed by atoms with Gasteiger partial charge in [0.15, 0.2) is 9.84 Å². The summed E-state index contributed by atoms with van der Waals surface area (Å²) in [5.74, 6) is -0.316. The normalized spacial score (nSPS) is 15.4. The largest absolute Gasteiger partial charge is 0.379 e. The van der Waals surface area contributed by atoms with Gasteiger partial charge in [-0.15, -0.1) is 0 Å². The molecule has 2 aromatic carbocycles. The van der Waals surface area contributed by atoms with Crippen LogP contribution in [0, 0.1) is 6.92 Å². The van der Waals surface area contributed by atoms with Gasteiger partial charge >= 0.3 is 0 Å². The van der Waals surface area contributed by atoms with E-state index >= 15 is 0 Å². The van der Waals surface area contributed by atoms with E-state index < -0.39 is 9.84 Å². The van der Waals surface area contributed by atoms with Gasteiger partial charge in [0, 0.05) is 37.1 Å². The Bertz CT molecular complexity index is 933. The SMILES string of the molecule is Cc1ccc(S(C)(=O)=O)cc1C(=O)Nc1ccc(CCN2CCOCC2)cc1. The van der Waals surface area contributed by atoms with E-state index in [0.717, 1.165) is 51.1 Å². The fourth-order valence-corrected chi connectivity index (χ4v) is 3.79.